The summed E-state index contributed by atoms with van der Waals surface area (Å²) in [5.74, 6) is -3.29. The monoisotopic (exact) mass is 312 g/mol. The predicted molar refractivity (Wildman–Crippen MR) is 77.3 cm³/mol. The molecule has 3 rings (SSSR count). The number of hydrogen-bond acceptors (Lipinski definition) is 3. The summed E-state index contributed by atoms with van der Waals surface area (Å²) in [7, 11) is 3.95. The highest BCUT2D eigenvalue weighted by Gasteiger charge is 2.49. The van der Waals surface area contributed by atoms with Gasteiger partial charge in [-0.1, -0.05) is 0 Å². The average Bonchev–Trinajstić information content (AvgIpc) is 2.65. The molecule has 0 atom stereocenters. The van der Waals surface area contributed by atoms with E-state index >= 15 is 0 Å². The fraction of sp³-hybridized carbons (Fsp3) is 0.733. The van der Waals surface area contributed by atoms with Gasteiger partial charge in [-0.3, -0.25) is 4.79 Å². The van der Waals surface area contributed by atoms with Gasteiger partial charge in [-0.15, -0.1) is 0 Å². The molecule has 5 nitrogen and oxygen atoms in total. The lowest BCUT2D eigenvalue weighted by Gasteiger charge is -2.37. The van der Waals surface area contributed by atoms with Crippen molar-refractivity contribution in [1.29, 1.82) is 0 Å². The molecule has 1 aromatic rings. The molecule has 0 N–H and O–H groups in total. The summed E-state index contributed by atoms with van der Waals surface area (Å²) in [5.41, 5.74) is 1.99. The summed E-state index contributed by atoms with van der Waals surface area (Å²) >= 11 is 0. The summed E-state index contributed by atoms with van der Waals surface area (Å²) in [6.07, 6.45) is 2.05. The van der Waals surface area contributed by atoms with Crippen LogP contribution in [0.25, 0.3) is 0 Å². The van der Waals surface area contributed by atoms with E-state index in [4.69, 9.17) is 0 Å². The van der Waals surface area contributed by atoms with Crippen molar-refractivity contribution in [2.24, 2.45) is 5.92 Å². The Hall–Kier alpha value is -1.50. The van der Waals surface area contributed by atoms with Crippen LogP contribution < -0.4 is 0 Å². The van der Waals surface area contributed by atoms with Crippen molar-refractivity contribution in [2.75, 3.05) is 20.6 Å². The van der Waals surface area contributed by atoms with E-state index in [1.807, 2.05) is 25.3 Å². The molecular formula is C15H22F2N4O. The van der Waals surface area contributed by atoms with Gasteiger partial charge in [0.15, 0.2) is 0 Å². The van der Waals surface area contributed by atoms with E-state index in [1.54, 1.807) is 4.90 Å². The molecule has 2 aliphatic rings. The van der Waals surface area contributed by atoms with Gasteiger partial charge >= 0.3 is 0 Å². The zero-order valence-corrected chi connectivity index (χ0v) is 13.1. The average molecular weight is 312 g/mol. The van der Waals surface area contributed by atoms with E-state index in [2.05, 4.69) is 9.55 Å². The normalized spacial score (nSPS) is 21.4. The Labute approximate surface area is 128 Å². The van der Waals surface area contributed by atoms with Crippen LogP contribution in [0.1, 0.15) is 30.7 Å². The summed E-state index contributed by atoms with van der Waals surface area (Å²) in [6.45, 7) is 2.64. The lowest BCUT2D eigenvalue weighted by Crippen LogP contribution is -2.46. The molecule has 1 aliphatic heterocycles. The number of imidazole rings is 1. The molecule has 1 fully saturated rings. The van der Waals surface area contributed by atoms with Crippen molar-refractivity contribution >= 4 is 5.91 Å². The van der Waals surface area contributed by atoms with Gasteiger partial charge in [0.2, 0.25) is 11.8 Å². The van der Waals surface area contributed by atoms with Crippen LogP contribution in [0, 0.1) is 5.92 Å². The van der Waals surface area contributed by atoms with Crippen molar-refractivity contribution < 1.29 is 13.6 Å². The number of halogens is 2. The first kappa shape index (κ1) is 15.4. The largest absolute Gasteiger partial charge is 0.336 e. The lowest BCUT2D eigenvalue weighted by atomic mass is 9.80. The van der Waals surface area contributed by atoms with Crippen molar-refractivity contribution in [3.8, 4) is 0 Å². The van der Waals surface area contributed by atoms with E-state index in [0.717, 1.165) is 24.4 Å². The first-order valence-corrected chi connectivity index (χ1v) is 7.70. The fourth-order valence-electron chi connectivity index (χ4n) is 3.23. The van der Waals surface area contributed by atoms with E-state index in [0.29, 0.717) is 19.6 Å². The molecule has 7 heteroatoms. The summed E-state index contributed by atoms with van der Waals surface area (Å²) in [6, 6.07) is 0. The van der Waals surface area contributed by atoms with Gasteiger partial charge in [-0.25, -0.2) is 13.8 Å². The molecule has 0 aromatic carbocycles. The fourth-order valence-corrected chi connectivity index (χ4v) is 3.23. The van der Waals surface area contributed by atoms with Crippen LogP contribution in [-0.4, -0.2) is 51.8 Å². The minimum absolute atomic E-state index is 0.128. The van der Waals surface area contributed by atoms with E-state index < -0.39 is 11.8 Å². The zero-order chi connectivity index (χ0) is 15.9. The maximum atomic E-state index is 13.0. The highest BCUT2D eigenvalue weighted by Crippen LogP contribution is 2.43. The van der Waals surface area contributed by atoms with Crippen molar-refractivity contribution in [3.05, 3.63) is 17.7 Å². The Morgan fingerprint density at radius 3 is 2.77 bits per heavy atom. The second kappa shape index (κ2) is 5.61. The summed E-state index contributed by atoms with van der Waals surface area (Å²) in [4.78, 5) is 20.6. The Morgan fingerprint density at radius 1 is 1.41 bits per heavy atom. The highest BCUT2D eigenvalue weighted by atomic mass is 19.3. The third-order valence-corrected chi connectivity index (χ3v) is 4.42. The predicted octanol–water partition coefficient (Wildman–Crippen LogP) is 1.72. The summed E-state index contributed by atoms with van der Waals surface area (Å²) < 4.78 is 28.1. The number of rotatable bonds is 3. The number of amides is 1. The molecule has 0 saturated heterocycles. The molecule has 1 aromatic heterocycles. The number of hydrogen-bond donors (Lipinski definition) is 0. The minimum atomic E-state index is -2.65. The second-order valence-electron chi connectivity index (χ2n) is 6.64. The lowest BCUT2D eigenvalue weighted by molar-refractivity contribution is -0.160. The van der Waals surface area contributed by atoms with Crippen molar-refractivity contribution in [3.63, 3.8) is 0 Å². The molecule has 0 unspecified atom stereocenters. The second-order valence-corrected chi connectivity index (χ2v) is 6.64. The molecule has 0 spiro atoms. The van der Waals surface area contributed by atoms with Gasteiger partial charge in [0.05, 0.1) is 24.3 Å². The van der Waals surface area contributed by atoms with Gasteiger partial charge < -0.3 is 14.4 Å². The van der Waals surface area contributed by atoms with Crippen LogP contribution in [0.4, 0.5) is 8.78 Å². The minimum Gasteiger partial charge on any atom is -0.336 e. The smallest absolute Gasteiger partial charge is 0.249 e. The number of nitrogens with zero attached hydrogens (tertiary/aromatic N) is 4. The third-order valence-electron chi connectivity index (χ3n) is 4.42. The van der Waals surface area contributed by atoms with Crippen LogP contribution in [0.2, 0.25) is 0 Å². The van der Waals surface area contributed by atoms with Gasteiger partial charge in [0.1, 0.15) is 0 Å². The number of alkyl halides is 2. The molecule has 1 amide bonds. The van der Waals surface area contributed by atoms with Gasteiger partial charge in [-0.2, -0.15) is 0 Å². The maximum absolute atomic E-state index is 13.0. The highest BCUT2D eigenvalue weighted by molar-refractivity contribution is 5.80. The Bertz CT molecular complexity index is 562. The Balaban J connectivity index is 1.73. The quantitative estimate of drug-likeness (QED) is 0.853. The molecule has 1 aliphatic carbocycles. The van der Waals surface area contributed by atoms with E-state index in [1.165, 1.54) is 0 Å². The number of aromatic nitrogens is 2. The number of carbonyl (C=O) groups excluding carboxylic acids is 1. The molecule has 0 bridgehead atoms. The summed E-state index contributed by atoms with van der Waals surface area (Å²) in [5, 5.41) is 0. The number of fused-ring (bicyclic) bond motifs is 1. The van der Waals surface area contributed by atoms with Crippen LogP contribution in [0.5, 0.6) is 0 Å². The van der Waals surface area contributed by atoms with Crippen molar-refractivity contribution in [2.45, 2.75) is 44.8 Å². The van der Waals surface area contributed by atoms with Gasteiger partial charge in [0.25, 0.3) is 0 Å². The molecule has 0 radical (unpaired) electrons. The van der Waals surface area contributed by atoms with E-state index in [9.17, 15) is 13.6 Å². The van der Waals surface area contributed by atoms with Gasteiger partial charge in [-0.05, 0) is 20.5 Å². The molecule has 22 heavy (non-hydrogen) atoms. The van der Waals surface area contributed by atoms with Crippen LogP contribution in [0.15, 0.2) is 6.33 Å². The van der Waals surface area contributed by atoms with Gasteiger partial charge in [0, 0.05) is 38.4 Å². The van der Waals surface area contributed by atoms with Crippen LogP contribution in [-0.2, 0) is 24.4 Å². The molecule has 122 valence electrons. The molecule has 1 saturated carbocycles. The topological polar surface area (TPSA) is 41.4 Å². The van der Waals surface area contributed by atoms with E-state index in [-0.39, 0.29) is 18.7 Å². The maximum Gasteiger partial charge on any atom is 0.249 e. The Morgan fingerprint density at radius 2 is 2.14 bits per heavy atom. The van der Waals surface area contributed by atoms with Crippen LogP contribution in [0.3, 0.4) is 0 Å². The first-order chi connectivity index (χ1) is 10.4. The first-order valence-electron chi connectivity index (χ1n) is 7.70. The molecular weight excluding hydrogens is 290 g/mol. The van der Waals surface area contributed by atoms with Crippen molar-refractivity contribution in [1.82, 2.24) is 19.4 Å². The number of carbonyl (C=O) groups is 1. The standard InChI is InChI=1S/C15H22F2N4O/c1-19(2)8-12-13-9-20(4-3-5-21(13)10-18-12)14(22)11-6-15(16,17)7-11/h10-11H,3-9H2,1-2H3. The third kappa shape index (κ3) is 2.99. The Kier molecular flexibility index (Phi) is 3.92. The zero-order valence-electron chi connectivity index (χ0n) is 13.1. The SMILES string of the molecule is CN(C)Cc1ncn2c1CN(C(=O)C1CC(F)(F)C1)CCC2. The molecule has 2 heterocycles. The van der Waals surface area contributed by atoms with Crippen LogP contribution >= 0.6 is 0 Å². The number of aryl methyl sites for hydroxylation is 1.